The van der Waals surface area contributed by atoms with E-state index in [1.54, 1.807) is 18.6 Å². The minimum absolute atomic E-state index is 0.476. The van der Waals surface area contributed by atoms with Crippen LogP contribution in [0.4, 0.5) is 0 Å². The smallest absolute Gasteiger partial charge is 0.0799 e. The molecule has 0 aliphatic rings. The summed E-state index contributed by atoms with van der Waals surface area (Å²) < 4.78 is 0. The fraction of sp³-hybridized carbons (Fsp3) is 0.176. The molecule has 0 fully saturated rings. The molecule has 0 amide bonds. The number of hydrogen-bond donors (Lipinski definition) is 1. The van der Waals surface area contributed by atoms with Crippen LogP contribution in [-0.4, -0.2) is 15.1 Å². The van der Waals surface area contributed by atoms with Crippen molar-refractivity contribution in [2.45, 2.75) is 18.9 Å². The summed E-state index contributed by atoms with van der Waals surface area (Å²) in [5.74, 6) is 0. The van der Waals surface area contributed by atoms with Crippen LogP contribution in [-0.2, 0) is 6.42 Å². The van der Waals surface area contributed by atoms with Crippen LogP contribution in [0.15, 0.2) is 61.1 Å². The lowest BCUT2D eigenvalue weighted by molar-refractivity contribution is 0.169. The van der Waals surface area contributed by atoms with Crippen molar-refractivity contribution in [3.8, 4) is 0 Å². The summed E-state index contributed by atoms with van der Waals surface area (Å²) in [6.07, 6.45) is 6.39. The van der Waals surface area contributed by atoms with Gasteiger partial charge < -0.3 is 5.11 Å². The van der Waals surface area contributed by atoms with Gasteiger partial charge in [-0.1, -0.05) is 18.2 Å². The molecular weight excluding hydrogens is 248 g/mol. The number of aliphatic hydroxyl groups excluding tert-OH is 1. The van der Waals surface area contributed by atoms with E-state index < -0.39 is 6.10 Å². The highest BCUT2D eigenvalue weighted by atomic mass is 16.3. The fourth-order valence-electron chi connectivity index (χ4n) is 2.43. The molecule has 1 N–H and O–H groups in total. The molecule has 3 aromatic rings. The number of aryl methyl sites for hydroxylation is 1. The van der Waals surface area contributed by atoms with Gasteiger partial charge in [0, 0.05) is 24.0 Å². The number of benzene rings is 1. The molecule has 0 radical (unpaired) electrons. The molecule has 1 aromatic carbocycles. The van der Waals surface area contributed by atoms with E-state index in [0.717, 1.165) is 22.9 Å². The van der Waals surface area contributed by atoms with Gasteiger partial charge in [0.2, 0.25) is 0 Å². The van der Waals surface area contributed by atoms with Gasteiger partial charge in [-0.05, 0) is 48.2 Å². The van der Waals surface area contributed by atoms with Gasteiger partial charge >= 0.3 is 0 Å². The van der Waals surface area contributed by atoms with Crippen LogP contribution in [0.5, 0.6) is 0 Å². The number of hydrogen-bond acceptors (Lipinski definition) is 3. The summed E-state index contributed by atoms with van der Waals surface area (Å²) in [6.45, 7) is 0. The minimum atomic E-state index is -0.476. The second kappa shape index (κ2) is 5.80. The first kappa shape index (κ1) is 12.8. The Balaban J connectivity index is 1.80. The van der Waals surface area contributed by atoms with Crippen molar-refractivity contribution in [2.24, 2.45) is 0 Å². The third kappa shape index (κ3) is 2.68. The Hall–Kier alpha value is -2.26. The van der Waals surface area contributed by atoms with E-state index in [4.69, 9.17) is 0 Å². The molecule has 3 heteroatoms. The van der Waals surface area contributed by atoms with Crippen molar-refractivity contribution < 1.29 is 5.11 Å². The van der Waals surface area contributed by atoms with Crippen molar-refractivity contribution in [2.75, 3.05) is 0 Å². The zero-order chi connectivity index (χ0) is 13.8. The number of nitrogens with zero attached hydrogens (tertiary/aromatic N) is 2. The zero-order valence-electron chi connectivity index (χ0n) is 11.1. The van der Waals surface area contributed by atoms with Crippen molar-refractivity contribution in [1.29, 1.82) is 0 Å². The second-order valence-corrected chi connectivity index (χ2v) is 4.83. The van der Waals surface area contributed by atoms with Crippen LogP contribution >= 0.6 is 0 Å². The molecule has 3 nitrogen and oxygen atoms in total. The van der Waals surface area contributed by atoms with Crippen molar-refractivity contribution in [1.82, 2.24) is 9.97 Å². The predicted molar refractivity (Wildman–Crippen MR) is 79.3 cm³/mol. The number of rotatable bonds is 4. The lowest BCUT2D eigenvalue weighted by atomic mass is 9.98. The molecule has 0 aliphatic carbocycles. The molecular formula is C17H16N2O. The van der Waals surface area contributed by atoms with Gasteiger partial charge in [0.15, 0.2) is 0 Å². The van der Waals surface area contributed by atoms with Gasteiger partial charge in [-0.3, -0.25) is 9.97 Å². The topological polar surface area (TPSA) is 46.0 Å². The van der Waals surface area contributed by atoms with E-state index in [2.05, 4.69) is 9.97 Å². The van der Waals surface area contributed by atoms with Crippen LogP contribution in [0.25, 0.3) is 10.9 Å². The fourth-order valence-corrected chi connectivity index (χ4v) is 2.43. The molecule has 100 valence electrons. The minimum Gasteiger partial charge on any atom is -0.388 e. The number of aromatic nitrogens is 2. The molecule has 0 saturated carbocycles. The Morgan fingerprint density at radius 3 is 2.65 bits per heavy atom. The summed E-state index contributed by atoms with van der Waals surface area (Å²) in [7, 11) is 0. The van der Waals surface area contributed by atoms with Crippen LogP contribution in [0.1, 0.15) is 23.7 Å². The maximum absolute atomic E-state index is 10.4. The highest BCUT2D eigenvalue weighted by Gasteiger charge is 2.11. The first-order valence-corrected chi connectivity index (χ1v) is 6.75. The first-order chi connectivity index (χ1) is 9.84. The number of fused-ring (bicyclic) bond motifs is 1. The van der Waals surface area contributed by atoms with Gasteiger partial charge in [-0.15, -0.1) is 0 Å². The number of pyridine rings is 2. The predicted octanol–water partition coefficient (Wildman–Crippen LogP) is 3.30. The maximum Gasteiger partial charge on any atom is 0.0799 e. The summed E-state index contributed by atoms with van der Waals surface area (Å²) in [6, 6.07) is 13.8. The van der Waals surface area contributed by atoms with Gasteiger partial charge in [-0.2, -0.15) is 0 Å². The summed E-state index contributed by atoms with van der Waals surface area (Å²) in [5, 5.41) is 11.5. The van der Waals surface area contributed by atoms with Crippen molar-refractivity contribution in [3.63, 3.8) is 0 Å². The SMILES string of the molecule is OC(CCc1ccncc1)c1cccc2ncccc12. The number of aliphatic hydroxyl groups is 1. The Kier molecular flexibility index (Phi) is 3.70. The first-order valence-electron chi connectivity index (χ1n) is 6.75. The van der Waals surface area contributed by atoms with Gasteiger partial charge in [0.05, 0.1) is 11.6 Å². The molecule has 1 atom stereocenters. The summed E-state index contributed by atoms with van der Waals surface area (Å²) in [4.78, 5) is 8.32. The van der Waals surface area contributed by atoms with Crippen LogP contribution < -0.4 is 0 Å². The zero-order valence-corrected chi connectivity index (χ0v) is 11.1. The van der Waals surface area contributed by atoms with Crippen molar-refractivity contribution in [3.05, 3.63) is 72.2 Å². The third-order valence-corrected chi connectivity index (χ3v) is 3.49. The lowest BCUT2D eigenvalue weighted by Gasteiger charge is -2.13. The molecule has 0 aliphatic heterocycles. The molecule has 0 spiro atoms. The maximum atomic E-state index is 10.4. The lowest BCUT2D eigenvalue weighted by Crippen LogP contribution is -2.01. The average Bonchev–Trinajstić information content (AvgIpc) is 2.53. The monoisotopic (exact) mass is 264 g/mol. The largest absolute Gasteiger partial charge is 0.388 e. The quantitative estimate of drug-likeness (QED) is 0.786. The van der Waals surface area contributed by atoms with Gasteiger partial charge in [0.1, 0.15) is 0 Å². The van der Waals surface area contributed by atoms with Crippen LogP contribution in [0.3, 0.4) is 0 Å². The molecule has 2 heterocycles. The summed E-state index contributed by atoms with van der Waals surface area (Å²) >= 11 is 0. The highest BCUT2D eigenvalue weighted by Crippen LogP contribution is 2.26. The standard InChI is InChI=1S/C17H16N2O/c20-17(7-6-13-8-11-18-12-9-13)15-3-1-5-16-14(15)4-2-10-19-16/h1-5,8-12,17,20H,6-7H2. The Labute approximate surface area is 117 Å². The summed E-state index contributed by atoms with van der Waals surface area (Å²) in [5.41, 5.74) is 3.06. The van der Waals surface area contributed by atoms with E-state index in [-0.39, 0.29) is 0 Å². The van der Waals surface area contributed by atoms with Gasteiger partial charge in [-0.25, -0.2) is 0 Å². The van der Waals surface area contributed by atoms with Crippen LogP contribution in [0, 0.1) is 0 Å². The molecule has 0 bridgehead atoms. The Bertz CT molecular complexity index is 692. The van der Waals surface area contributed by atoms with E-state index >= 15 is 0 Å². The van der Waals surface area contributed by atoms with E-state index in [9.17, 15) is 5.11 Å². The average molecular weight is 264 g/mol. The molecule has 20 heavy (non-hydrogen) atoms. The van der Waals surface area contributed by atoms with Gasteiger partial charge in [0.25, 0.3) is 0 Å². The highest BCUT2D eigenvalue weighted by molar-refractivity contribution is 5.82. The second-order valence-electron chi connectivity index (χ2n) is 4.83. The molecule has 3 rings (SSSR count). The Morgan fingerprint density at radius 1 is 0.950 bits per heavy atom. The molecule has 1 unspecified atom stereocenters. The van der Waals surface area contributed by atoms with E-state index in [1.807, 2.05) is 42.5 Å². The normalized spacial score (nSPS) is 12.4. The van der Waals surface area contributed by atoms with Crippen LogP contribution in [0.2, 0.25) is 0 Å². The van der Waals surface area contributed by atoms with E-state index in [0.29, 0.717) is 6.42 Å². The third-order valence-electron chi connectivity index (χ3n) is 3.49. The van der Waals surface area contributed by atoms with Crippen molar-refractivity contribution >= 4 is 10.9 Å². The molecule has 2 aromatic heterocycles. The Morgan fingerprint density at radius 2 is 1.80 bits per heavy atom. The van der Waals surface area contributed by atoms with E-state index in [1.165, 1.54) is 5.56 Å². The molecule has 0 saturated heterocycles.